The van der Waals surface area contributed by atoms with Gasteiger partial charge in [-0.15, -0.1) is 0 Å². The largest absolute Gasteiger partial charge is 0.294 e. The minimum atomic E-state index is -0.0850. The highest BCUT2D eigenvalue weighted by Gasteiger charge is 2.22. The Balaban J connectivity index is 2.48. The average molecular weight is 294 g/mol. The fraction of sp³-hybridized carbons (Fsp3) is 0.381. The molecule has 2 aromatic carbocycles. The first-order valence-electron chi connectivity index (χ1n) is 8.36. The molecule has 116 valence electrons. The number of rotatable bonds is 6. The molecule has 0 bridgehead atoms. The first-order valence-corrected chi connectivity index (χ1v) is 8.36. The number of carbonyl (C=O) groups is 1. The van der Waals surface area contributed by atoms with Gasteiger partial charge in [-0.2, -0.15) is 0 Å². The van der Waals surface area contributed by atoms with Crippen molar-refractivity contribution in [2.24, 2.45) is 0 Å². The number of benzene rings is 2. The highest BCUT2D eigenvalue weighted by molar-refractivity contribution is 6.01. The summed E-state index contributed by atoms with van der Waals surface area (Å²) in [5.41, 5.74) is 6.08. The molecule has 0 amide bonds. The van der Waals surface area contributed by atoms with Crippen LogP contribution in [0.3, 0.4) is 0 Å². The average Bonchev–Trinajstić information content (AvgIpc) is 2.59. The smallest absolute Gasteiger partial charge is 0.170 e. The van der Waals surface area contributed by atoms with Gasteiger partial charge in [0.05, 0.1) is 0 Å². The topological polar surface area (TPSA) is 17.1 Å². The zero-order chi connectivity index (χ0) is 16.1. The molecular weight excluding hydrogens is 268 g/mol. The van der Waals surface area contributed by atoms with Gasteiger partial charge in [-0.3, -0.25) is 4.79 Å². The SMILES string of the molecule is CCc1cc(CC)c(C(C)C(=O)c2ccccc2)c(CC)c1. The van der Waals surface area contributed by atoms with Crippen molar-refractivity contribution in [1.29, 1.82) is 0 Å². The van der Waals surface area contributed by atoms with Crippen LogP contribution in [0.5, 0.6) is 0 Å². The molecule has 0 heterocycles. The van der Waals surface area contributed by atoms with E-state index in [4.69, 9.17) is 0 Å². The van der Waals surface area contributed by atoms with E-state index in [2.05, 4.69) is 39.8 Å². The van der Waals surface area contributed by atoms with Crippen LogP contribution in [0, 0.1) is 0 Å². The zero-order valence-electron chi connectivity index (χ0n) is 14.1. The van der Waals surface area contributed by atoms with Gasteiger partial charge in [-0.1, -0.05) is 70.2 Å². The summed E-state index contributed by atoms with van der Waals surface area (Å²) in [6.45, 7) is 8.59. The molecule has 0 aromatic heterocycles. The van der Waals surface area contributed by atoms with Crippen LogP contribution in [0.2, 0.25) is 0 Å². The second-order valence-corrected chi connectivity index (χ2v) is 5.84. The van der Waals surface area contributed by atoms with E-state index in [1.807, 2.05) is 30.3 Å². The van der Waals surface area contributed by atoms with Gasteiger partial charge in [0.2, 0.25) is 0 Å². The van der Waals surface area contributed by atoms with Crippen LogP contribution in [0.4, 0.5) is 0 Å². The van der Waals surface area contributed by atoms with E-state index in [1.54, 1.807) is 0 Å². The van der Waals surface area contributed by atoms with Gasteiger partial charge in [0.15, 0.2) is 5.78 Å². The van der Waals surface area contributed by atoms with Crippen LogP contribution in [-0.4, -0.2) is 5.78 Å². The first-order chi connectivity index (χ1) is 10.6. The van der Waals surface area contributed by atoms with Crippen molar-refractivity contribution in [2.45, 2.75) is 52.9 Å². The fourth-order valence-corrected chi connectivity index (χ4v) is 3.18. The van der Waals surface area contributed by atoms with E-state index >= 15 is 0 Å². The molecule has 0 aliphatic heterocycles. The van der Waals surface area contributed by atoms with Crippen LogP contribution in [-0.2, 0) is 19.3 Å². The van der Waals surface area contributed by atoms with Crippen molar-refractivity contribution in [3.8, 4) is 0 Å². The van der Waals surface area contributed by atoms with E-state index in [9.17, 15) is 4.79 Å². The summed E-state index contributed by atoms with van der Waals surface area (Å²) in [5, 5.41) is 0. The lowest BCUT2D eigenvalue weighted by Crippen LogP contribution is -2.14. The lowest BCUT2D eigenvalue weighted by atomic mass is 9.83. The van der Waals surface area contributed by atoms with E-state index in [1.165, 1.54) is 22.3 Å². The molecule has 22 heavy (non-hydrogen) atoms. The summed E-state index contributed by atoms with van der Waals surface area (Å²) in [5.74, 6) is 0.132. The van der Waals surface area contributed by atoms with Gasteiger partial charge in [0.1, 0.15) is 0 Å². The molecule has 2 aromatic rings. The fourth-order valence-electron chi connectivity index (χ4n) is 3.18. The van der Waals surface area contributed by atoms with Gasteiger partial charge in [-0.05, 0) is 41.5 Å². The Kier molecular flexibility index (Phi) is 5.54. The molecular formula is C21H26O. The molecule has 0 radical (unpaired) electrons. The maximum Gasteiger partial charge on any atom is 0.170 e. The lowest BCUT2D eigenvalue weighted by molar-refractivity contribution is 0.0965. The summed E-state index contributed by atoms with van der Waals surface area (Å²) in [4.78, 5) is 12.8. The summed E-state index contributed by atoms with van der Waals surface area (Å²) in [6, 6.07) is 14.2. The number of carbonyl (C=O) groups excluding carboxylic acids is 1. The van der Waals surface area contributed by atoms with Crippen molar-refractivity contribution in [3.63, 3.8) is 0 Å². The number of hydrogen-bond donors (Lipinski definition) is 0. The highest BCUT2D eigenvalue weighted by atomic mass is 16.1. The molecule has 0 saturated heterocycles. The number of Topliss-reactive ketones (excluding diaryl/α,β-unsaturated/α-hetero) is 1. The van der Waals surface area contributed by atoms with Gasteiger partial charge in [0, 0.05) is 11.5 Å². The molecule has 0 aliphatic rings. The van der Waals surface area contributed by atoms with Gasteiger partial charge >= 0.3 is 0 Å². The van der Waals surface area contributed by atoms with Crippen LogP contribution < -0.4 is 0 Å². The van der Waals surface area contributed by atoms with Gasteiger partial charge < -0.3 is 0 Å². The number of hydrogen-bond acceptors (Lipinski definition) is 1. The summed E-state index contributed by atoms with van der Waals surface area (Å²) < 4.78 is 0. The van der Waals surface area contributed by atoms with E-state index < -0.39 is 0 Å². The predicted octanol–water partition coefficient (Wildman–Crippen LogP) is 5.36. The minimum Gasteiger partial charge on any atom is -0.294 e. The number of aryl methyl sites for hydroxylation is 3. The van der Waals surface area contributed by atoms with Crippen LogP contribution >= 0.6 is 0 Å². The zero-order valence-corrected chi connectivity index (χ0v) is 14.1. The van der Waals surface area contributed by atoms with E-state index in [-0.39, 0.29) is 11.7 Å². The molecule has 0 fully saturated rings. The molecule has 1 atom stereocenters. The Hall–Kier alpha value is -1.89. The third kappa shape index (κ3) is 3.30. The maximum atomic E-state index is 12.8. The van der Waals surface area contributed by atoms with Crippen LogP contribution in [0.15, 0.2) is 42.5 Å². The molecule has 0 spiro atoms. The van der Waals surface area contributed by atoms with Crippen molar-refractivity contribution in [2.75, 3.05) is 0 Å². The van der Waals surface area contributed by atoms with Crippen LogP contribution in [0.25, 0.3) is 0 Å². The van der Waals surface area contributed by atoms with Gasteiger partial charge in [0.25, 0.3) is 0 Å². The molecule has 1 unspecified atom stereocenters. The summed E-state index contributed by atoms with van der Waals surface area (Å²) in [7, 11) is 0. The Morgan fingerprint density at radius 1 is 0.909 bits per heavy atom. The second-order valence-electron chi connectivity index (χ2n) is 5.84. The first kappa shape index (κ1) is 16.5. The second kappa shape index (κ2) is 7.40. The Labute approximate surface area is 134 Å². The monoisotopic (exact) mass is 294 g/mol. The maximum absolute atomic E-state index is 12.8. The third-order valence-electron chi connectivity index (χ3n) is 4.47. The standard InChI is InChI=1S/C21H26O/c1-5-16-13-17(6-2)20(18(7-3)14-16)15(4)21(22)19-11-9-8-10-12-19/h8-15H,5-7H2,1-4H3. The predicted molar refractivity (Wildman–Crippen MR) is 93.8 cm³/mol. The molecule has 1 nitrogen and oxygen atoms in total. The van der Waals surface area contributed by atoms with E-state index in [0.29, 0.717) is 0 Å². The van der Waals surface area contributed by atoms with Crippen molar-refractivity contribution >= 4 is 5.78 Å². The summed E-state index contributed by atoms with van der Waals surface area (Å²) >= 11 is 0. The molecule has 1 heteroatoms. The normalized spacial score (nSPS) is 12.2. The molecule has 2 rings (SSSR count). The Bertz CT molecular complexity index is 615. The molecule has 0 N–H and O–H groups in total. The highest BCUT2D eigenvalue weighted by Crippen LogP contribution is 2.30. The molecule has 0 saturated carbocycles. The van der Waals surface area contributed by atoms with Crippen molar-refractivity contribution < 1.29 is 4.79 Å². The van der Waals surface area contributed by atoms with Crippen LogP contribution in [0.1, 0.15) is 66.2 Å². The Morgan fingerprint density at radius 2 is 1.45 bits per heavy atom. The van der Waals surface area contributed by atoms with Crippen molar-refractivity contribution in [3.05, 3.63) is 70.3 Å². The van der Waals surface area contributed by atoms with Crippen molar-refractivity contribution in [1.82, 2.24) is 0 Å². The minimum absolute atomic E-state index is 0.0850. The quantitative estimate of drug-likeness (QED) is 0.655. The van der Waals surface area contributed by atoms with Gasteiger partial charge in [-0.25, -0.2) is 0 Å². The Morgan fingerprint density at radius 3 is 1.91 bits per heavy atom. The molecule has 0 aliphatic carbocycles. The summed E-state index contributed by atoms with van der Waals surface area (Å²) in [6.07, 6.45) is 2.99. The lowest BCUT2D eigenvalue weighted by Gasteiger charge is -2.20. The van der Waals surface area contributed by atoms with E-state index in [0.717, 1.165) is 24.8 Å². The number of ketones is 1. The third-order valence-corrected chi connectivity index (χ3v) is 4.47.